The minimum Gasteiger partial charge on any atom is -0.398 e. The fourth-order valence-electron chi connectivity index (χ4n) is 3.51. The van der Waals surface area contributed by atoms with E-state index in [2.05, 4.69) is 11.4 Å². The molecule has 4 aromatic rings. The average molecular weight is 428 g/mol. The molecule has 0 aliphatic carbocycles. The minimum absolute atomic E-state index is 0.276. The molecule has 0 radical (unpaired) electrons. The summed E-state index contributed by atoms with van der Waals surface area (Å²) in [5.41, 5.74) is 8.47. The second-order valence-corrected chi connectivity index (χ2v) is 9.13. The zero-order valence-corrected chi connectivity index (χ0v) is 17.6. The van der Waals surface area contributed by atoms with Crippen molar-refractivity contribution < 1.29 is 8.42 Å². The highest BCUT2D eigenvalue weighted by molar-refractivity contribution is 7.91. The van der Waals surface area contributed by atoms with Crippen molar-refractivity contribution in [2.24, 2.45) is 0 Å². The summed E-state index contributed by atoms with van der Waals surface area (Å²) < 4.78 is 26.4. The Balaban J connectivity index is 1.48. The molecule has 31 heavy (non-hydrogen) atoms. The first-order valence-electron chi connectivity index (χ1n) is 9.84. The van der Waals surface area contributed by atoms with Gasteiger partial charge in [-0.05, 0) is 53.8 Å². The van der Waals surface area contributed by atoms with Crippen LogP contribution < -0.4 is 11.1 Å². The SMILES string of the molecule is N#Cc1cc(NCCc2ccc(S(=O)(=O)c3cccc4ccccc34)cc2)ccc1N. The summed E-state index contributed by atoms with van der Waals surface area (Å²) in [6.07, 6.45) is 0.709. The molecule has 6 heteroatoms. The topological polar surface area (TPSA) is 96.0 Å². The van der Waals surface area contributed by atoms with Gasteiger partial charge in [0.1, 0.15) is 6.07 Å². The molecule has 0 aromatic heterocycles. The van der Waals surface area contributed by atoms with Crippen molar-refractivity contribution in [3.8, 4) is 6.07 Å². The second-order valence-electron chi connectivity index (χ2n) is 7.22. The van der Waals surface area contributed by atoms with Crippen LogP contribution in [-0.4, -0.2) is 15.0 Å². The lowest BCUT2D eigenvalue weighted by molar-refractivity contribution is 0.597. The summed E-state index contributed by atoms with van der Waals surface area (Å²) in [4.78, 5) is 0.592. The lowest BCUT2D eigenvalue weighted by atomic mass is 10.1. The van der Waals surface area contributed by atoms with E-state index in [1.165, 1.54) is 0 Å². The van der Waals surface area contributed by atoms with Crippen LogP contribution in [0.5, 0.6) is 0 Å². The average Bonchev–Trinajstić information content (AvgIpc) is 2.80. The Morgan fingerprint density at radius 2 is 1.65 bits per heavy atom. The number of fused-ring (bicyclic) bond motifs is 1. The van der Waals surface area contributed by atoms with Crippen molar-refractivity contribution in [3.63, 3.8) is 0 Å². The first-order valence-corrected chi connectivity index (χ1v) is 11.3. The monoisotopic (exact) mass is 427 g/mol. The van der Waals surface area contributed by atoms with Crippen molar-refractivity contribution in [3.05, 3.63) is 96.1 Å². The highest BCUT2D eigenvalue weighted by atomic mass is 32.2. The van der Waals surface area contributed by atoms with Gasteiger partial charge >= 0.3 is 0 Å². The Bertz CT molecular complexity index is 1380. The second kappa shape index (κ2) is 8.50. The molecule has 154 valence electrons. The molecule has 0 aliphatic rings. The molecular formula is C25H21N3O2S. The number of hydrogen-bond acceptors (Lipinski definition) is 5. The van der Waals surface area contributed by atoms with Crippen LogP contribution in [0.15, 0.2) is 94.7 Å². The van der Waals surface area contributed by atoms with Crippen molar-refractivity contribution in [2.45, 2.75) is 16.2 Å². The van der Waals surface area contributed by atoms with Gasteiger partial charge in [-0.25, -0.2) is 8.42 Å². The molecule has 0 bridgehead atoms. The maximum absolute atomic E-state index is 13.2. The Labute approximate surface area is 181 Å². The number of nitrogens with zero attached hydrogens (tertiary/aromatic N) is 1. The van der Waals surface area contributed by atoms with Crippen molar-refractivity contribution >= 4 is 32.0 Å². The number of nitriles is 1. The quantitative estimate of drug-likeness (QED) is 0.432. The molecular weight excluding hydrogens is 406 g/mol. The minimum atomic E-state index is -3.62. The lowest BCUT2D eigenvalue weighted by Crippen LogP contribution is -2.06. The number of nitrogens with one attached hydrogen (secondary N) is 1. The summed E-state index contributed by atoms with van der Waals surface area (Å²) in [7, 11) is -3.62. The van der Waals surface area contributed by atoms with Crippen LogP contribution in [0.1, 0.15) is 11.1 Å². The Morgan fingerprint density at radius 3 is 2.42 bits per heavy atom. The van der Waals surface area contributed by atoms with Crippen LogP contribution in [-0.2, 0) is 16.3 Å². The van der Waals surface area contributed by atoms with Gasteiger partial charge in [-0.2, -0.15) is 5.26 Å². The van der Waals surface area contributed by atoms with Crippen molar-refractivity contribution in [1.29, 1.82) is 5.26 Å². The standard InChI is InChI=1S/C25H21N3O2S/c26-17-20-16-21(10-13-24(20)27)28-15-14-18-8-11-22(12-9-18)31(29,30)25-7-3-5-19-4-1-2-6-23(19)25/h1-13,16,28H,14-15,27H2. The Hall–Kier alpha value is -3.82. The smallest absolute Gasteiger partial charge is 0.207 e. The molecule has 4 aromatic carbocycles. The first kappa shape index (κ1) is 20.5. The van der Waals surface area contributed by atoms with E-state index in [0.29, 0.717) is 29.1 Å². The number of nitrogen functional groups attached to an aromatic ring is 1. The lowest BCUT2D eigenvalue weighted by Gasteiger charge is -2.10. The van der Waals surface area contributed by atoms with Crippen molar-refractivity contribution in [2.75, 3.05) is 17.6 Å². The molecule has 0 saturated heterocycles. The van der Waals surface area contributed by atoms with E-state index >= 15 is 0 Å². The van der Waals surface area contributed by atoms with Gasteiger partial charge in [0, 0.05) is 23.3 Å². The third-order valence-corrected chi connectivity index (χ3v) is 7.02. The highest BCUT2D eigenvalue weighted by Crippen LogP contribution is 2.28. The van der Waals surface area contributed by atoms with E-state index in [9.17, 15) is 8.42 Å². The van der Waals surface area contributed by atoms with Crippen LogP contribution in [0, 0.1) is 11.3 Å². The van der Waals surface area contributed by atoms with E-state index in [1.54, 1.807) is 36.4 Å². The Morgan fingerprint density at radius 1 is 0.903 bits per heavy atom. The number of nitrogens with two attached hydrogens (primary N) is 1. The normalized spacial score (nSPS) is 11.2. The van der Waals surface area contributed by atoms with Gasteiger partial charge in [-0.1, -0.05) is 48.5 Å². The molecule has 0 heterocycles. The van der Waals surface area contributed by atoms with Gasteiger partial charge in [0.15, 0.2) is 0 Å². The number of rotatable bonds is 6. The summed E-state index contributed by atoms with van der Waals surface area (Å²) in [5, 5.41) is 14.0. The fourth-order valence-corrected chi connectivity index (χ4v) is 4.99. The summed E-state index contributed by atoms with van der Waals surface area (Å²) >= 11 is 0. The van der Waals surface area contributed by atoms with Crippen LogP contribution in [0.3, 0.4) is 0 Å². The van der Waals surface area contributed by atoms with Crippen LogP contribution >= 0.6 is 0 Å². The molecule has 4 rings (SSSR count). The van der Waals surface area contributed by atoms with Crippen molar-refractivity contribution in [1.82, 2.24) is 0 Å². The predicted molar refractivity (Wildman–Crippen MR) is 124 cm³/mol. The molecule has 3 N–H and O–H groups in total. The van der Waals surface area contributed by atoms with Gasteiger partial charge in [0.05, 0.1) is 15.4 Å². The molecule has 0 unspecified atom stereocenters. The summed E-state index contributed by atoms with van der Waals surface area (Å²) in [5.74, 6) is 0. The fraction of sp³-hybridized carbons (Fsp3) is 0.0800. The molecule has 0 fully saturated rings. The van der Waals surface area contributed by atoms with Gasteiger partial charge < -0.3 is 11.1 Å². The molecule has 0 spiro atoms. The zero-order valence-electron chi connectivity index (χ0n) is 16.7. The first-order chi connectivity index (χ1) is 15.0. The van der Waals surface area contributed by atoms with E-state index < -0.39 is 9.84 Å². The van der Waals surface area contributed by atoms with E-state index in [1.807, 2.05) is 48.5 Å². The maximum Gasteiger partial charge on any atom is 0.207 e. The van der Waals surface area contributed by atoms with E-state index in [4.69, 9.17) is 11.0 Å². The summed E-state index contributed by atoms with van der Waals surface area (Å²) in [6, 6.07) is 27.1. The largest absolute Gasteiger partial charge is 0.398 e. The van der Waals surface area contributed by atoms with Crippen LogP contribution in [0.4, 0.5) is 11.4 Å². The van der Waals surface area contributed by atoms with Gasteiger partial charge in [0.2, 0.25) is 9.84 Å². The van der Waals surface area contributed by atoms with E-state index in [-0.39, 0.29) is 4.90 Å². The van der Waals surface area contributed by atoms with Crippen LogP contribution in [0.2, 0.25) is 0 Å². The number of sulfone groups is 1. The molecule has 5 nitrogen and oxygen atoms in total. The maximum atomic E-state index is 13.2. The van der Waals surface area contributed by atoms with Gasteiger partial charge in [-0.15, -0.1) is 0 Å². The molecule has 0 atom stereocenters. The number of anilines is 2. The molecule has 0 saturated carbocycles. The highest BCUT2D eigenvalue weighted by Gasteiger charge is 2.20. The zero-order chi connectivity index (χ0) is 21.8. The van der Waals surface area contributed by atoms with Gasteiger partial charge in [-0.3, -0.25) is 0 Å². The molecule has 0 aliphatic heterocycles. The number of hydrogen-bond donors (Lipinski definition) is 2. The third-order valence-electron chi connectivity index (χ3n) is 5.19. The third kappa shape index (κ3) is 4.23. The molecule has 0 amide bonds. The Kier molecular flexibility index (Phi) is 5.61. The number of benzene rings is 4. The van der Waals surface area contributed by atoms with E-state index in [0.717, 1.165) is 22.0 Å². The van der Waals surface area contributed by atoms with Crippen LogP contribution in [0.25, 0.3) is 10.8 Å². The predicted octanol–water partition coefficient (Wildman–Crippen LogP) is 4.78. The van der Waals surface area contributed by atoms with Gasteiger partial charge in [0.25, 0.3) is 0 Å². The summed E-state index contributed by atoms with van der Waals surface area (Å²) in [6.45, 7) is 0.643.